The first kappa shape index (κ1) is 23.1. The molecule has 23 heavy (non-hydrogen) atoms. The summed E-state index contributed by atoms with van der Waals surface area (Å²) in [5.74, 6) is 0.400. The molecule has 0 radical (unpaired) electrons. The van der Waals surface area contributed by atoms with Gasteiger partial charge in [-0.25, -0.2) is 0 Å². The highest BCUT2D eigenvalue weighted by Gasteiger charge is 2.40. The normalized spacial score (nSPS) is 16.8. The third-order valence-corrected chi connectivity index (χ3v) is 14.9. The Morgan fingerprint density at radius 3 is 1.83 bits per heavy atom. The van der Waals surface area contributed by atoms with Gasteiger partial charge in [-0.1, -0.05) is 60.6 Å². The van der Waals surface area contributed by atoms with Crippen molar-refractivity contribution in [1.29, 1.82) is 0 Å². The maximum atomic E-state index is 6.66. The van der Waals surface area contributed by atoms with Gasteiger partial charge in [0.15, 0.2) is 16.6 Å². The second kappa shape index (κ2) is 9.54. The monoisotopic (exact) mass is 358 g/mol. The van der Waals surface area contributed by atoms with Gasteiger partial charge in [-0.2, -0.15) is 0 Å². The van der Waals surface area contributed by atoms with Gasteiger partial charge < -0.3 is 8.85 Å². The van der Waals surface area contributed by atoms with Gasteiger partial charge in [0.25, 0.3) is 0 Å². The number of allylic oxidation sites excluding steroid dienone is 1. The topological polar surface area (TPSA) is 18.5 Å². The highest BCUT2D eigenvalue weighted by atomic mass is 28.4. The molecule has 0 heterocycles. The minimum absolute atomic E-state index is 0.165. The highest BCUT2D eigenvalue weighted by molar-refractivity contribution is 6.74. The number of hydrogen-bond donors (Lipinski definition) is 0. The largest absolute Gasteiger partial charge is 0.416 e. The van der Waals surface area contributed by atoms with Crippen LogP contribution in [-0.4, -0.2) is 29.3 Å². The Bertz CT molecular complexity index is 347. The summed E-state index contributed by atoms with van der Waals surface area (Å²) in [5.41, 5.74) is 0. The average molecular weight is 359 g/mol. The standard InChI is InChI=1S/C19H42O2Si2/c1-11-15-18(21-22(9,10)19(6,7)8)17(5)16-20-23(12-2,13-3)14-4/h11,15,17-18H,12-14,16H2,1-10H3/b15-11+/t17-,18-/m0/s1. The van der Waals surface area contributed by atoms with E-state index in [1.807, 2.05) is 0 Å². The molecule has 0 N–H and O–H groups in total. The molecule has 0 rings (SSSR count). The van der Waals surface area contributed by atoms with Crippen LogP contribution in [0.2, 0.25) is 36.3 Å². The van der Waals surface area contributed by atoms with Crippen molar-refractivity contribution >= 4 is 16.6 Å². The number of hydrogen-bond acceptors (Lipinski definition) is 2. The molecule has 138 valence electrons. The lowest BCUT2D eigenvalue weighted by Crippen LogP contribution is -2.46. The van der Waals surface area contributed by atoms with E-state index in [-0.39, 0.29) is 11.1 Å². The van der Waals surface area contributed by atoms with Gasteiger partial charge in [0, 0.05) is 12.5 Å². The lowest BCUT2D eigenvalue weighted by atomic mass is 10.1. The quantitative estimate of drug-likeness (QED) is 0.323. The van der Waals surface area contributed by atoms with Gasteiger partial charge in [0.1, 0.15) is 0 Å². The van der Waals surface area contributed by atoms with Gasteiger partial charge in [-0.05, 0) is 43.2 Å². The summed E-state index contributed by atoms with van der Waals surface area (Å²) in [6.45, 7) is 23.6. The Labute approximate surface area is 148 Å². The molecular formula is C19H42O2Si2. The maximum absolute atomic E-state index is 6.66. The van der Waals surface area contributed by atoms with E-state index in [9.17, 15) is 0 Å². The van der Waals surface area contributed by atoms with E-state index < -0.39 is 16.6 Å². The minimum Gasteiger partial charge on any atom is -0.416 e. The Morgan fingerprint density at radius 1 is 1.00 bits per heavy atom. The molecule has 0 aliphatic heterocycles. The fourth-order valence-electron chi connectivity index (χ4n) is 2.51. The van der Waals surface area contributed by atoms with Crippen molar-refractivity contribution in [2.75, 3.05) is 6.61 Å². The zero-order valence-electron chi connectivity index (χ0n) is 17.5. The van der Waals surface area contributed by atoms with Crippen LogP contribution in [0.1, 0.15) is 55.4 Å². The highest BCUT2D eigenvalue weighted by Crippen LogP contribution is 2.38. The summed E-state index contributed by atoms with van der Waals surface area (Å²) in [6.07, 6.45) is 4.51. The molecule has 0 aromatic rings. The molecule has 0 bridgehead atoms. The van der Waals surface area contributed by atoms with E-state index in [2.05, 4.69) is 80.6 Å². The van der Waals surface area contributed by atoms with E-state index >= 15 is 0 Å². The molecule has 0 aromatic carbocycles. The molecule has 0 amide bonds. The summed E-state index contributed by atoms with van der Waals surface area (Å²) < 4.78 is 13.2. The van der Waals surface area contributed by atoms with Crippen LogP contribution in [0, 0.1) is 5.92 Å². The first-order valence-corrected chi connectivity index (χ1v) is 14.9. The van der Waals surface area contributed by atoms with Gasteiger partial charge in [-0.15, -0.1) is 0 Å². The van der Waals surface area contributed by atoms with Crippen LogP contribution in [-0.2, 0) is 8.85 Å². The molecule has 0 spiro atoms. The lowest BCUT2D eigenvalue weighted by molar-refractivity contribution is 0.122. The second-order valence-electron chi connectivity index (χ2n) is 8.40. The van der Waals surface area contributed by atoms with Crippen molar-refractivity contribution in [3.8, 4) is 0 Å². The van der Waals surface area contributed by atoms with Crippen LogP contribution in [0.15, 0.2) is 12.2 Å². The van der Waals surface area contributed by atoms with Crippen molar-refractivity contribution in [2.24, 2.45) is 5.92 Å². The summed E-state index contributed by atoms with van der Waals surface area (Å²) in [4.78, 5) is 0. The van der Waals surface area contributed by atoms with Crippen LogP contribution in [0.25, 0.3) is 0 Å². The fraction of sp³-hybridized carbons (Fsp3) is 0.895. The van der Waals surface area contributed by atoms with E-state index in [4.69, 9.17) is 8.85 Å². The van der Waals surface area contributed by atoms with Gasteiger partial charge in [-0.3, -0.25) is 0 Å². The molecular weight excluding hydrogens is 316 g/mol. The van der Waals surface area contributed by atoms with Crippen molar-refractivity contribution in [1.82, 2.24) is 0 Å². The molecule has 0 unspecified atom stereocenters. The van der Waals surface area contributed by atoms with Gasteiger partial charge in [0.05, 0.1) is 6.10 Å². The van der Waals surface area contributed by atoms with Crippen molar-refractivity contribution in [3.63, 3.8) is 0 Å². The SMILES string of the molecule is C/C=C/[C@H](O[Si](C)(C)C(C)(C)C)[C@@H](C)CO[Si](CC)(CC)CC. The zero-order chi connectivity index (χ0) is 18.3. The van der Waals surface area contributed by atoms with Crippen LogP contribution in [0.3, 0.4) is 0 Å². The molecule has 0 saturated carbocycles. The first-order chi connectivity index (χ1) is 10.5. The van der Waals surface area contributed by atoms with E-state index in [0.717, 1.165) is 6.61 Å². The first-order valence-electron chi connectivity index (χ1n) is 9.43. The molecule has 4 heteroatoms. The predicted molar refractivity (Wildman–Crippen MR) is 109 cm³/mol. The zero-order valence-corrected chi connectivity index (χ0v) is 19.5. The van der Waals surface area contributed by atoms with Crippen LogP contribution in [0.5, 0.6) is 0 Å². The summed E-state index contributed by atoms with van der Waals surface area (Å²) >= 11 is 0. The Kier molecular flexibility index (Phi) is 9.58. The Hall–Kier alpha value is 0.0938. The third-order valence-electron chi connectivity index (χ3n) is 5.77. The van der Waals surface area contributed by atoms with Crippen LogP contribution < -0.4 is 0 Å². The summed E-state index contributed by atoms with van der Waals surface area (Å²) in [5, 5.41) is 0.238. The third kappa shape index (κ3) is 6.85. The van der Waals surface area contributed by atoms with E-state index in [1.165, 1.54) is 18.1 Å². The molecule has 0 saturated heterocycles. The van der Waals surface area contributed by atoms with Gasteiger partial charge >= 0.3 is 0 Å². The lowest BCUT2D eigenvalue weighted by Gasteiger charge is -2.40. The number of rotatable bonds is 10. The maximum Gasteiger partial charge on any atom is 0.192 e. The Morgan fingerprint density at radius 2 is 1.48 bits per heavy atom. The fourth-order valence-corrected chi connectivity index (χ4v) is 6.58. The Balaban J connectivity index is 4.98. The van der Waals surface area contributed by atoms with E-state index in [0.29, 0.717) is 5.92 Å². The smallest absolute Gasteiger partial charge is 0.192 e. The van der Waals surface area contributed by atoms with Crippen LogP contribution in [0.4, 0.5) is 0 Å². The summed E-state index contributed by atoms with van der Waals surface area (Å²) in [6, 6.07) is 3.64. The molecule has 0 aromatic heterocycles. The van der Waals surface area contributed by atoms with Crippen LogP contribution >= 0.6 is 0 Å². The van der Waals surface area contributed by atoms with Crippen molar-refractivity contribution < 1.29 is 8.85 Å². The second-order valence-corrected chi connectivity index (χ2v) is 17.9. The molecule has 2 atom stereocenters. The molecule has 0 aliphatic rings. The minimum atomic E-state index is -1.76. The van der Waals surface area contributed by atoms with Crippen molar-refractivity contribution in [2.45, 2.75) is 97.8 Å². The van der Waals surface area contributed by atoms with Crippen molar-refractivity contribution in [3.05, 3.63) is 12.2 Å². The molecule has 0 aliphatic carbocycles. The molecule has 2 nitrogen and oxygen atoms in total. The van der Waals surface area contributed by atoms with E-state index in [1.54, 1.807) is 0 Å². The predicted octanol–water partition coefficient (Wildman–Crippen LogP) is 6.61. The molecule has 0 fully saturated rings. The van der Waals surface area contributed by atoms with Gasteiger partial charge in [0.2, 0.25) is 0 Å². The summed E-state index contributed by atoms with van der Waals surface area (Å²) in [7, 11) is -3.28. The average Bonchev–Trinajstić information content (AvgIpc) is 2.47.